The fourth-order valence-corrected chi connectivity index (χ4v) is 4.15. The molecule has 0 spiro atoms. The fourth-order valence-electron chi connectivity index (χ4n) is 2.97. The molecule has 0 N–H and O–H groups in total. The van der Waals surface area contributed by atoms with Crippen LogP contribution in [0, 0.1) is 12.8 Å². The van der Waals surface area contributed by atoms with Gasteiger partial charge in [-0.1, -0.05) is 42.6 Å². The van der Waals surface area contributed by atoms with Gasteiger partial charge in [0.15, 0.2) is 6.10 Å². The second-order valence-corrected chi connectivity index (χ2v) is 7.80. The Morgan fingerprint density at radius 2 is 2.08 bits per heavy atom. The number of benzene rings is 1. The fraction of sp³-hybridized carbons (Fsp3) is 0.556. The molecule has 1 atom stereocenters. The molecule has 1 aliphatic rings. The Hall–Kier alpha value is -1.20. The third-order valence-electron chi connectivity index (χ3n) is 4.38. The van der Waals surface area contributed by atoms with Gasteiger partial charge in [0.2, 0.25) is 0 Å². The summed E-state index contributed by atoms with van der Waals surface area (Å²) in [5, 5.41) is 9.62. The predicted octanol–water partition coefficient (Wildman–Crippen LogP) is 5.84. The molecule has 24 heavy (non-hydrogen) atoms. The van der Waals surface area contributed by atoms with Crippen LogP contribution in [0.1, 0.15) is 56.6 Å². The van der Waals surface area contributed by atoms with E-state index in [9.17, 15) is 0 Å². The van der Waals surface area contributed by atoms with Crippen molar-refractivity contribution in [2.45, 2.75) is 57.3 Å². The maximum absolute atomic E-state index is 5.97. The third-order valence-corrected chi connectivity index (χ3v) is 5.66. The molecule has 1 unspecified atom stereocenters. The van der Waals surface area contributed by atoms with Gasteiger partial charge in [0.05, 0.1) is 0 Å². The van der Waals surface area contributed by atoms with Crippen LogP contribution in [0.25, 0.3) is 0 Å². The zero-order valence-corrected chi connectivity index (χ0v) is 15.7. The third kappa shape index (κ3) is 4.67. The highest BCUT2D eigenvalue weighted by atomic mass is 35.5. The Balaban J connectivity index is 1.55. The highest BCUT2D eigenvalue weighted by Crippen LogP contribution is 2.31. The number of ether oxygens (including phenoxy) is 1. The molecule has 2 aromatic rings. The second-order valence-electron chi connectivity index (χ2n) is 6.39. The van der Waals surface area contributed by atoms with E-state index in [1.165, 1.54) is 32.1 Å². The first-order valence-corrected chi connectivity index (χ1v) is 9.87. The van der Waals surface area contributed by atoms with Crippen molar-refractivity contribution in [2.75, 3.05) is 5.75 Å². The number of aryl methyl sites for hydroxylation is 1. The van der Waals surface area contributed by atoms with Crippen LogP contribution in [0.15, 0.2) is 27.8 Å². The molecule has 1 aromatic heterocycles. The molecular weight excluding hydrogens is 344 g/mol. The van der Waals surface area contributed by atoms with Crippen LogP contribution in [-0.2, 0) is 0 Å². The zero-order valence-electron chi connectivity index (χ0n) is 14.1. The van der Waals surface area contributed by atoms with E-state index in [0.717, 1.165) is 23.0 Å². The van der Waals surface area contributed by atoms with E-state index in [1.807, 2.05) is 32.0 Å². The lowest BCUT2D eigenvalue weighted by Crippen LogP contribution is -2.08. The van der Waals surface area contributed by atoms with Gasteiger partial charge in [0.25, 0.3) is 11.1 Å². The number of thioether (sulfide) groups is 1. The summed E-state index contributed by atoms with van der Waals surface area (Å²) in [6.07, 6.45) is 6.44. The van der Waals surface area contributed by atoms with Crippen LogP contribution in [-0.4, -0.2) is 16.0 Å². The number of hydrogen-bond donors (Lipinski definition) is 0. The summed E-state index contributed by atoms with van der Waals surface area (Å²) in [4.78, 5) is 0. The Kier molecular flexibility index (Phi) is 6.06. The summed E-state index contributed by atoms with van der Waals surface area (Å²) in [5.41, 5.74) is 0.987. The van der Waals surface area contributed by atoms with Gasteiger partial charge < -0.3 is 9.15 Å². The minimum Gasteiger partial charge on any atom is -0.481 e. The van der Waals surface area contributed by atoms with Crippen LogP contribution < -0.4 is 4.74 Å². The number of aromatic nitrogens is 2. The number of halogens is 1. The monoisotopic (exact) mass is 366 g/mol. The number of rotatable bonds is 6. The quantitative estimate of drug-likeness (QED) is 0.600. The molecule has 0 bridgehead atoms. The second kappa shape index (κ2) is 8.26. The summed E-state index contributed by atoms with van der Waals surface area (Å²) < 4.78 is 11.7. The van der Waals surface area contributed by atoms with Gasteiger partial charge in [0.1, 0.15) is 5.75 Å². The van der Waals surface area contributed by atoms with Crippen LogP contribution in [0.5, 0.6) is 5.75 Å². The van der Waals surface area contributed by atoms with E-state index in [2.05, 4.69) is 10.2 Å². The first kappa shape index (κ1) is 17.6. The maximum Gasteiger partial charge on any atom is 0.276 e. The van der Waals surface area contributed by atoms with E-state index in [1.54, 1.807) is 11.8 Å². The Morgan fingerprint density at radius 1 is 1.29 bits per heavy atom. The van der Waals surface area contributed by atoms with Crippen molar-refractivity contribution in [3.8, 4) is 5.75 Å². The Labute approximate surface area is 152 Å². The zero-order chi connectivity index (χ0) is 16.9. The van der Waals surface area contributed by atoms with Crippen molar-refractivity contribution in [1.82, 2.24) is 10.2 Å². The van der Waals surface area contributed by atoms with Crippen molar-refractivity contribution in [2.24, 2.45) is 5.92 Å². The Bertz CT molecular complexity index is 671. The van der Waals surface area contributed by atoms with Crippen molar-refractivity contribution in [3.63, 3.8) is 0 Å². The minimum absolute atomic E-state index is 0.290. The van der Waals surface area contributed by atoms with Crippen LogP contribution in [0.4, 0.5) is 0 Å². The molecule has 1 aromatic carbocycles. The molecule has 1 fully saturated rings. The molecule has 4 nitrogen and oxygen atoms in total. The summed E-state index contributed by atoms with van der Waals surface area (Å²) in [6.45, 7) is 3.88. The minimum atomic E-state index is -0.290. The van der Waals surface area contributed by atoms with Crippen molar-refractivity contribution in [3.05, 3.63) is 34.7 Å². The van der Waals surface area contributed by atoms with Gasteiger partial charge in [-0.25, -0.2) is 0 Å². The molecular formula is C18H23ClN2O2S. The lowest BCUT2D eigenvalue weighted by Gasteiger charge is -2.19. The molecule has 3 rings (SSSR count). The van der Waals surface area contributed by atoms with E-state index in [0.29, 0.717) is 16.1 Å². The van der Waals surface area contributed by atoms with Gasteiger partial charge in [-0.2, -0.15) is 0 Å². The summed E-state index contributed by atoms with van der Waals surface area (Å²) in [6, 6.07) is 5.56. The summed E-state index contributed by atoms with van der Waals surface area (Å²) in [7, 11) is 0. The van der Waals surface area contributed by atoms with E-state index in [-0.39, 0.29) is 6.10 Å². The molecule has 0 radical (unpaired) electrons. The van der Waals surface area contributed by atoms with Gasteiger partial charge in [0, 0.05) is 10.8 Å². The predicted molar refractivity (Wildman–Crippen MR) is 96.8 cm³/mol. The van der Waals surface area contributed by atoms with Crippen molar-refractivity contribution in [1.29, 1.82) is 0 Å². The normalized spacial score (nSPS) is 17.0. The molecule has 1 saturated carbocycles. The van der Waals surface area contributed by atoms with E-state index in [4.69, 9.17) is 20.8 Å². The average molecular weight is 367 g/mol. The molecule has 0 amide bonds. The highest BCUT2D eigenvalue weighted by molar-refractivity contribution is 7.99. The van der Waals surface area contributed by atoms with Crippen LogP contribution >= 0.6 is 23.4 Å². The van der Waals surface area contributed by atoms with Crippen molar-refractivity contribution < 1.29 is 9.15 Å². The Morgan fingerprint density at radius 3 is 2.83 bits per heavy atom. The number of nitrogens with zero attached hydrogens (tertiary/aromatic N) is 2. The molecule has 0 aliphatic heterocycles. The van der Waals surface area contributed by atoms with E-state index >= 15 is 0 Å². The SMILES string of the molecule is Cc1cc(Cl)ccc1OC(C)c1nnc(SCC2CCCCC2)o1. The highest BCUT2D eigenvalue weighted by Gasteiger charge is 2.19. The topological polar surface area (TPSA) is 48.2 Å². The molecule has 1 aliphatic carbocycles. The van der Waals surface area contributed by atoms with Gasteiger partial charge >= 0.3 is 0 Å². The number of hydrogen-bond acceptors (Lipinski definition) is 5. The molecule has 130 valence electrons. The van der Waals surface area contributed by atoms with Gasteiger partial charge in [-0.15, -0.1) is 10.2 Å². The largest absolute Gasteiger partial charge is 0.481 e. The van der Waals surface area contributed by atoms with Gasteiger partial charge in [-0.3, -0.25) is 0 Å². The molecule has 6 heteroatoms. The average Bonchev–Trinajstić information content (AvgIpc) is 3.05. The first-order valence-electron chi connectivity index (χ1n) is 8.51. The van der Waals surface area contributed by atoms with E-state index < -0.39 is 0 Å². The standard InChI is InChI=1S/C18H23ClN2O2S/c1-12-10-15(19)8-9-16(12)22-13(2)17-20-21-18(23-17)24-11-14-6-4-3-5-7-14/h8-10,13-14H,3-7,11H2,1-2H3. The van der Waals surface area contributed by atoms with Crippen LogP contribution in [0.2, 0.25) is 5.02 Å². The molecule has 1 heterocycles. The molecule has 0 saturated heterocycles. The lowest BCUT2D eigenvalue weighted by molar-refractivity contribution is 0.180. The summed E-state index contributed by atoms with van der Waals surface area (Å²) in [5.74, 6) is 3.13. The van der Waals surface area contributed by atoms with Crippen molar-refractivity contribution >= 4 is 23.4 Å². The smallest absolute Gasteiger partial charge is 0.276 e. The first-order chi connectivity index (χ1) is 11.6. The van der Waals surface area contributed by atoms with Crippen LogP contribution in [0.3, 0.4) is 0 Å². The lowest BCUT2D eigenvalue weighted by atomic mass is 9.91. The maximum atomic E-state index is 5.97. The van der Waals surface area contributed by atoms with Gasteiger partial charge in [-0.05, 0) is 56.4 Å². The summed E-state index contributed by atoms with van der Waals surface area (Å²) >= 11 is 7.64.